The molecule has 1 aromatic rings. The highest BCUT2D eigenvalue weighted by atomic mass is 32.2. The topological polar surface area (TPSA) is 63.2 Å². The summed E-state index contributed by atoms with van der Waals surface area (Å²) in [6.45, 7) is 2.73. The van der Waals surface area contributed by atoms with Crippen molar-refractivity contribution in [1.29, 1.82) is 0 Å². The molecule has 1 rings (SSSR count). The lowest BCUT2D eigenvalue weighted by atomic mass is 10.3. The fraction of sp³-hybridized carbons (Fsp3) is 0.471. The average molecular weight is 354 g/mol. The highest BCUT2D eigenvalue weighted by molar-refractivity contribution is 8.14. The number of carbonyl (C=O) groups is 3. The molecule has 0 bridgehead atoms. The van der Waals surface area contributed by atoms with Gasteiger partial charge in [-0.15, -0.1) is 0 Å². The lowest BCUT2D eigenvalue weighted by molar-refractivity contribution is -0.123. The third kappa shape index (κ3) is 10.2. The monoisotopic (exact) mass is 353 g/mol. The quantitative estimate of drug-likeness (QED) is 0.514. The summed E-state index contributed by atoms with van der Waals surface area (Å²) in [6.07, 6.45) is 2.78. The van der Waals surface area contributed by atoms with Crippen LogP contribution in [0.5, 0.6) is 0 Å². The average Bonchev–Trinajstić information content (AvgIpc) is 2.54. The second-order valence-electron chi connectivity index (χ2n) is 4.96. The van der Waals surface area contributed by atoms with Gasteiger partial charge in [0.15, 0.2) is 10.2 Å². The molecule has 0 atom stereocenters. The summed E-state index contributed by atoms with van der Waals surface area (Å²) in [5, 5.41) is 2.80. The Morgan fingerprint density at radius 2 is 1.74 bits per heavy atom. The van der Waals surface area contributed by atoms with E-state index in [1.807, 2.05) is 30.3 Å². The third-order valence-electron chi connectivity index (χ3n) is 2.95. The predicted molar refractivity (Wildman–Crippen MR) is 96.5 cm³/mol. The zero-order valence-corrected chi connectivity index (χ0v) is 15.0. The minimum absolute atomic E-state index is 0.0341. The Morgan fingerprint density at radius 1 is 1.00 bits per heavy atom. The fourth-order valence-electron chi connectivity index (χ4n) is 1.70. The molecule has 6 heteroatoms. The summed E-state index contributed by atoms with van der Waals surface area (Å²) in [7, 11) is 0. The van der Waals surface area contributed by atoms with Crippen LogP contribution >= 0.6 is 23.5 Å². The van der Waals surface area contributed by atoms with Gasteiger partial charge in [-0.05, 0) is 18.6 Å². The van der Waals surface area contributed by atoms with Crippen molar-refractivity contribution in [3.63, 3.8) is 0 Å². The van der Waals surface area contributed by atoms with Gasteiger partial charge < -0.3 is 5.32 Å². The van der Waals surface area contributed by atoms with Gasteiger partial charge in [-0.2, -0.15) is 0 Å². The molecule has 1 aromatic carbocycles. The van der Waals surface area contributed by atoms with Crippen LogP contribution in [0.2, 0.25) is 0 Å². The number of nitrogens with one attached hydrogen (secondary N) is 1. The number of hydrogen-bond acceptors (Lipinski definition) is 5. The molecule has 0 fully saturated rings. The first-order valence-corrected chi connectivity index (χ1v) is 9.60. The molecule has 0 spiro atoms. The molecule has 0 saturated heterocycles. The van der Waals surface area contributed by atoms with Gasteiger partial charge in [0, 0.05) is 36.5 Å². The van der Waals surface area contributed by atoms with Crippen molar-refractivity contribution >= 4 is 39.7 Å². The number of amides is 1. The standard InChI is InChI=1S/C17H23NO3S2/c1-2-3-12-18-15(19)9-10-16(20)22-13-11-17(21)23-14-7-5-4-6-8-14/h4-8H,2-3,9-13H2,1H3,(H,18,19). The van der Waals surface area contributed by atoms with E-state index in [0.717, 1.165) is 29.5 Å². The van der Waals surface area contributed by atoms with Crippen molar-refractivity contribution in [2.24, 2.45) is 0 Å². The van der Waals surface area contributed by atoms with Crippen LogP contribution in [0, 0.1) is 0 Å². The first-order chi connectivity index (χ1) is 11.1. The minimum Gasteiger partial charge on any atom is -0.356 e. The molecule has 126 valence electrons. The predicted octanol–water partition coefficient (Wildman–Crippen LogP) is 3.65. The molecule has 0 aliphatic carbocycles. The summed E-state index contributed by atoms with van der Waals surface area (Å²) in [5.74, 6) is 0.387. The SMILES string of the molecule is CCCCNC(=O)CCC(=O)SCCC(=O)Sc1ccccc1. The first kappa shape index (κ1) is 19.8. The summed E-state index contributed by atoms with van der Waals surface area (Å²) >= 11 is 2.33. The Morgan fingerprint density at radius 3 is 2.43 bits per heavy atom. The molecule has 0 aliphatic rings. The summed E-state index contributed by atoms with van der Waals surface area (Å²) in [4.78, 5) is 35.9. The van der Waals surface area contributed by atoms with Crippen LogP contribution in [0.25, 0.3) is 0 Å². The summed E-state index contributed by atoms with van der Waals surface area (Å²) in [5.41, 5.74) is 0. The molecule has 4 nitrogen and oxygen atoms in total. The van der Waals surface area contributed by atoms with Gasteiger partial charge in [-0.25, -0.2) is 0 Å². The number of benzene rings is 1. The highest BCUT2D eigenvalue weighted by Crippen LogP contribution is 2.21. The number of unbranched alkanes of at least 4 members (excludes halogenated alkanes) is 1. The van der Waals surface area contributed by atoms with E-state index in [-0.39, 0.29) is 29.0 Å². The van der Waals surface area contributed by atoms with Gasteiger partial charge in [0.2, 0.25) is 5.91 Å². The Labute approximate surface area is 146 Å². The molecular weight excluding hydrogens is 330 g/mol. The first-order valence-electron chi connectivity index (χ1n) is 7.80. The van der Waals surface area contributed by atoms with E-state index in [0.29, 0.717) is 18.7 Å². The molecule has 0 aliphatic heterocycles. The zero-order chi connectivity index (χ0) is 16.9. The summed E-state index contributed by atoms with van der Waals surface area (Å²) < 4.78 is 0. The molecule has 0 heterocycles. The van der Waals surface area contributed by atoms with E-state index in [1.165, 1.54) is 11.8 Å². The van der Waals surface area contributed by atoms with E-state index < -0.39 is 0 Å². The van der Waals surface area contributed by atoms with Crippen molar-refractivity contribution in [2.75, 3.05) is 12.3 Å². The van der Waals surface area contributed by atoms with Crippen LogP contribution in [0.1, 0.15) is 39.0 Å². The third-order valence-corrected chi connectivity index (χ3v) is 4.83. The van der Waals surface area contributed by atoms with E-state index in [1.54, 1.807) is 0 Å². The van der Waals surface area contributed by atoms with Gasteiger partial charge in [0.05, 0.1) is 0 Å². The van der Waals surface area contributed by atoms with Gasteiger partial charge in [-0.1, -0.05) is 55.1 Å². The van der Waals surface area contributed by atoms with E-state index in [4.69, 9.17) is 0 Å². The maximum atomic E-state index is 11.8. The number of carbonyl (C=O) groups excluding carboxylic acids is 3. The largest absolute Gasteiger partial charge is 0.356 e. The Kier molecular flexibility index (Phi) is 10.5. The van der Waals surface area contributed by atoms with E-state index >= 15 is 0 Å². The van der Waals surface area contributed by atoms with Gasteiger partial charge in [-0.3, -0.25) is 14.4 Å². The maximum Gasteiger partial charge on any atom is 0.220 e. The molecule has 0 saturated carbocycles. The number of thioether (sulfide) groups is 2. The Hall–Kier alpha value is -1.27. The number of hydrogen-bond donors (Lipinski definition) is 1. The Balaban J connectivity index is 2.09. The van der Waals surface area contributed by atoms with Crippen LogP contribution in [0.3, 0.4) is 0 Å². The second-order valence-corrected chi connectivity index (χ2v) is 7.24. The second kappa shape index (κ2) is 12.2. The summed E-state index contributed by atoms with van der Waals surface area (Å²) in [6, 6.07) is 9.45. The highest BCUT2D eigenvalue weighted by Gasteiger charge is 2.09. The van der Waals surface area contributed by atoms with Gasteiger partial charge in [0.1, 0.15) is 0 Å². The minimum atomic E-state index is -0.0805. The van der Waals surface area contributed by atoms with Crippen LogP contribution in [0.4, 0.5) is 0 Å². The van der Waals surface area contributed by atoms with Crippen molar-refractivity contribution in [3.8, 4) is 0 Å². The maximum absolute atomic E-state index is 11.8. The fourth-order valence-corrected chi connectivity index (χ4v) is 3.35. The van der Waals surface area contributed by atoms with Crippen molar-refractivity contribution in [3.05, 3.63) is 30.3 Å². The van der Waals surface area contributed by atoms with Crippen LogP contribution < -0.4 is 5.32 Å². The molecule has 0 unspecified atom stereocenters. The van der Waals surface area contributed by atoms with Gasteiger partial charge >= 0.3 is 0 Å². The molecule has 0 aromatic heterocycles. The normalized spacial score (nSPS) is 10.3. The van der Waals surface area contributed by atoms with Crippen LogP contribution in [0.15, 0.2) is 35.2 Å². The molecule has 23 heavy (non-hydrogen) atoms. The van der Waals surface area contributed by atoms with E-state index in [2.05, 4.69) is 12.2 Å². The molecular formula is C17H23NO3S2. The zero-order valence-electron chi connectivity index (χ0n) is 13.4. The molecule has 1 amide bonds. The van der Waals surface area contributed by atoms with Gasteiger partial charge in [0.25, 0.3) is 0 Å². The van der Waals surface area contributed by atoms with Crippen LogP contribution in [-0.4, -0.2) is 28.4 Å². The Bertz CT molecular complexity index is 506. The molecule has 1 N–H and O–H groups in total. The van der Waals surface area contributed by atoms with Crippen LogP contribution in [-0.2, 0) is 14.4 Å². The lowest BCUT2D eigenvalue weighted by Crippen LogP contribution is -2.24. The molecule has 0 radical (unpaired) electrons. The van der Waals surface area contributed by atoms with Crippen molar-refractivity contribution in [1.82, 2.24) is 5.32 Å². The number of rotatable bonds is 10. The lowest BCUT2D eigenvalue weighted by Gasteiger charge is -2.04. The van der Waals surface area contributed by atoms with E-state index in [9.17, 15) is 14.4 Å². The van der Waals surface area contributed by atoms with Crippen molar-refractivity contribution in [2.45, 2.75) is 43.9 Å². The van der Waals surface area contributed by atoms with Crippen molar-refractivity contribution < 1.29 is 14.4 Å². The smallest absolute Gasteiger partial charge is 0.220 e.